The topological polar surface area (TPSA) is 17.8 Å². The highest BCUT2D eigenvalue weighted by atomic mass is 79.9. The molecule has 3 heteroatoms. The Kier molecular flexibility index (Phi) is 2.48. The highest BCUT2D eigenvalue weighted by molar-refractivity contribution is 9.10. The van der Waals surface area contributed by atoms with Crippen molar-refractivity contribution in [3.63, 3.8) is 0 Å². The number of pyridine rings is 1. The molecule has 2 nitrogen and oxygen atoms in total. The van der Waals surface area contributed by atoms with Gasteiger partial charge in [-0.2, -0.15) is 0 Å². The first kappa shape index (κ1) is 10.5. The van der Waals surface area contributed by atoms with Crippen molar-refractivity contribution in [3.05, 3.63) is 58.8 Å². The number of aromatic nitrogens is 2. The van der Waals surface area contributed by atoms with Crippen molar-refractivity contribution >= 4 is 27.0 Å². The minimum Gasteiger partial charge on any atom is -0.301 e. The Morgan fingerprint density at radius 3 is 2.82 bits per heavy atom. The fraction of sp³-hybridized carbons (Fsp3) is 0.0714. The number of para-hydroxylation sites is 1. The van der Waals surface area contributed by atoms with Crippen LogP contribution < -0.4 is 0 Å². The summed E-state index contributed by atoms with van der Waals surface area (Å²) < 4.78 is 3.13. The number of hydrogen-bond acceptors (Lipinski definition) is 1. The van der Waals surface area contributed by atoms with Gasteiger partial charge in [-0.25, -0.2) is 4.98 Å². The van der Waals surface area contributed by atoms with E-state index in [0.29, 0.717) is 0 Å². The number of rotatable bonds is 1. The molecular formula is C14H11BrN2. The lowest BCUT2D eigenvalue weighted by Crippen LogP contribution is -1.95. The monoisotopic (exact) mass is 286 g/mol. The van der Waals surface area contributed by atoms with Crippen LogP contribution in [0.15, 0.2) is 53.3 Å². The van der Waals surface area contributed by atoms with Gasteiger partial charge in [0.15, 0.2) is 0 Å². The normalized spacial score (nSPS) is 10.9. The Morgan fingerprint density at radius 1 is 1.18 bits per heavy atom. The van der Waals surface area contributed by atoms with E-state index in [1.165, 1.54) is 11.3 Å². The molecule has 0 saturated carbocycles. The Morgan fingerprint density at radius 2 is 2.00 bits per heavy atom. The second-order valence-corrected chi connectivity index (χ2v) is 4.95. The SMILES string of the molecule is Cc1ccccc1-n1ccc2cc(Br)cnc21. The highest BCUT2D eigenvalue weighted by Crippen LogP contribution is 2.23. The van der Waals surface area contributed by atoms with Crippen LogP contribution in [0.1, 0.15) is 5.56 Å². The first-order valence-corrected chi connectivity index (χ1v) is 6.23. The molecule has 0 aliphatic heterocycles. The van der Waals surface area contributed by atoms with Crippen molar-refractivity contribution in [2.24, 2.45) is 0 Å². The molecule has 0 saturated heterocycles. The third kappa shape index (κ3) is 1.76. The van der Waals surface area contributed by atoms with Gasteiger partial charge in [0.1, 0.15) is 5.65 Å². The second kappa shape index (κ2) is 4.00. The number of fused-ring (bicyclic) bond motifs is 1. The molecule has 2 aromatic heterocycles. The molecule has 2 heterocycles. The molecule has 0 amide bonds. The van der Waals surface area contributed by atoms with Crippen LogP contribution in [0.3, 0.4) is 0 Å². The van der Waals surface area contributed by atoms with Crippen LogP contribution in [0.2, 0.25) is 0 Å². The Balaban J connectivity index is 2.29. The summed E-state index contributed by atoms with van der Waals surface area (Å²) in [7, 11) is 0. The van der Waals surface area contributed by atoms with Crippen LogP contribution in [0.5, 0.6) is 0 Å². The minimum atomic E-state index is 0.988. The molecule has 0 radical (unpaired) electrons. The van der Waals surface area contributed by atoms with E-state index in [2.05, 4.69) is 68.9 Å². The average Bonchev–Trinajstić information content (AvgIpc) is 2.72. The van der Waals surface area contributed by atoms with Crippen molar-refractivity contribution < 1.29 is 0 Å². The molecule has 0 fully saturated rings. The molecule has 0 bridgehead atoms. The molecule has 0 aliphatic carbocycles. The standard InChI is InChI=1S/C14H11BrN2/c1-10-4-2-3-5-13(10)17-7-6-11-8-12(15)9-16-14(11)17/h2-9H,1H3. The van der Waals surface area contributed by atoms with Gasteiger partial charge in [0, 0.05) is 27.9 Å². The van der Waals surface area contributed by atoms with Crippen LogP contribution in [-0.4, -0.2) is 9.55 Å². The van der Waals surface area contributed by atoms with Crippen molar-refractivity contribution in [1.29, 1.82) is 0 Å². The van der Waals surface area contributed by atoms with Crippen molar-refractivity contribution in [2.45, 2.75) is 6.92 Å². The Bertz CT molecular complexity index is 686. The fourth-order valence-electron chi connectivity index (χ4n) is 2.03. The third-order valence-electron chi connectivity index (χ3n) is 2.87. The molecule has 84 valence electrons. The van der Waals surface area contributed by atoms with Gasteiger partial charge in [0.2, 0.25) is 0 Å². The lowest BCUT2D eigenvalue weighted by molar-refractivity contribution is 1.07. The maximum atomic E-state index is 4.47. The first-order valence-electron chi connectivity index (χ1n) is 5.44. The molecule has 0 N–H and O–H groups in total. The van der Waals surface area contributed by atoms with Crippen LogP contribution >= 0.6 is 15.9 Å². The lowest BCUT2D eigenvalue weighted by Gasteiger charge is -2.07. The second-order valence-electron chi connectivity index (χ2n) is 4.04. The van der Waals surface area contributed by atoms with Gasteiger partial charge < -0.3 is 4.57 Å². The average molecular weight is 287 g/mol. The maximum Gasteiger partial charge on any atom is 0.144 e. The van der Waals surface area contributed by atoms with Crippen LogP contribution in [0.25, 0.3) is 16.7 Å². The summed E-state index contributed by atoms with van der Waals surface area (Å²) in [6.45, 7) is 2.11. The summed E-state index contributed by atoms with van der Waals surface area (Å²) in [5.74, 6) is 0. The third-order valence-corrected chi connectivity index (χ3v) is 3.30. The summed E-state index contributed by atoms with van der Waals surface area (Å²) in [5, 5.41) is 1.14. The number of hydrogen-bond donors (Lipinski definition) is 0. The van der Waals surface area contributed by atoms with Crippen LogP contribution in [0.4, 0.5) is 0 Å². The van der Waals surface area contributed by atoms with Gasteiger partial charge in [0.05, 0.1) is 0 Å². The summed E-state index contributed by atoms with van der Waals surface area (Å²) in [5.41, 5.74) is 3.41. The molecule has 1 aromatic carbocycles. The number of aryl methyl sites for hydroxylation is 1. The van der Waals surface area contributed by atoms with Gasteiger partial charge in [0.25, 0.3) is 0 Å². The Labute approximate surface area is 108 Å². The van der Waals surface area contributed by atoms with E-state index >= 15 is 0 Å². The molecule has 3 aromatic rings. The zero-order valence-electron chi connectivity index (χ0n) is 9.39. The molecule has 0 atom stereocenters. The largest absolute Gasteiger partial charge is 0.301 e. The van der Waals surface area contributed by atoms with E-state index in [0.717, 1.165) is 15.5 Å². The fourth-order valence-corrected chi connectivity index (χ4v) is 2.37. The van der Waals surface area contributed by atoms with E-state index in [9.17, 15) is 0 Å². The molecule has 0 aliphatic rings. The van der Waals surface area contributed by atoms with E-state index in [4.69, 9.17) is 0 Å². The van der Waals surface area contributed by atoms with Crippen molar-refractivity contribution in [3.8, 4) is 5.69 Å². The van der Waals surface area contributed by atoms with E-state index in [1.807, 2.05) is 12.3 Å². The van der Waals surface area contributed by atoms with Gasteiger partial charge in [-0.3, -0.25) is 0 Å². The smallest absolute Gasteiger partial charge is 0.144 e. The zero-order valence-corrected chi connectivity index (χ0v) is 11.0. The summed E-state index contributed by atoms with van der Waals surface area (Å²) in [6, 6.07) is 12.5. The summed E-state index contributed by atoms with van der Waals surface area (Å²) >= 11 is 3.44. The molecular weight excluding hydrogens is 276 g/mol. The number of nitrogens with zero attached hydrogens (tertiary/aromatic N) is 2. The predicted molar refractivity (Wildman–Crippen MR) is 73.5 cm³/mol. The van der Waals surface area contributed by atoms with Crippen molar-refractivity contribution in [2.75, 3.05) is 0 Å². The quantitative estimate of drug-likeness (QED) is 0.659. The Hall–Kier alpha value is -1.61. The summed E-state index contributed by atoms with van der Waals surface area (Å²) in [4.78, 5) is 4.47. The van der Waals surface area contributed by atoms with Gasteiger partial charge in [-0.1, -0.05) is 18.2 Å². The lowest BCUT2D eigenvalue weighted by atomic mass is 10.2. The molecule has 3 rings (SSSR count). The molecule has 0 spiro atoms. The number of halogens is 1. The van der Waals surface area contributed by atoms with Crippen LogP contribution in [-0.2, 0) is 0 Å². The number of benzene rings is 1. The van der Waals surface area contributed by atoms with Gasteiger partial charge in [-0.15, -0.1) is 0 Å². The van der Waals surface area contributed by atoms with Crippen molar-refractivity contribution in [1.82, 2.24) is 9.55 Å². The van der Waals surface area contributed by atoms with Gasteiger partial charge >= 0.3 is 0 Å². The maximum absolute atomic E-state index is 4.47. The molecule has 0 unspecified atom stereocenters. The molecule has 17 heavy (non-hydrogen) atoms. The highest BCUT2D eigenvalue weighted by Gasteiger charge is 2.06. The zero-order chi connectivity index (χ0) is 11.8. The van der Waals surface area contributed by atoms with Gasteiger partial charge in [-0.05, 0) is 46.6 Å². The van der Waals surface area contributed by atoms with E-state index < -0.39 is 0 Å². The minimum absolute atomic E-state index is 0.988. The summed E-state index contributed by atoms with van der Waals surface area (Å²) in [6.07, 6.45) is 3.89. The van der Waals surface area contributed by atoms with Crippen LogP contribution in [0, 0.1) is 6.92 Å². The predicted octanol–water partition coefficient (Wildman–Crippen LogP) is 4.10. The van der Waals surface area contributed by atoms with E-state index in [1.54, 1.807) is 0 Å². The van der Waals surface area contributed by atoms with E-state index in [-0.39, 0.29) is 0 Å². The first-order chi connectivity index (χ1) is 8.25.